The van der Waals surface area contributed by atoms with Crippen LogP contribution < -0.4 is 14.8 Å². The molecule has 1 fully saturated rings. The second kappa shape index (κ2) is 10.7. The molecule has 8 nitrogen and oxygen atoms in total. The number of nitrogens with zero attached hydrogens (tertiary/aromatic N) is 1. The zero-order valence-electron chi connectivity index (χ0n) is 18.1. The van der Waals surface area contributed by atoms with E-state index < -0.39 is 15.9 Å². The van der Waals surface area contributed by atoms with Gasteiger partial charge in [-0.15, -0.1) is 0 Å². The van der Waals surface area contributed by atoms with Crippen molar-refractivity contribution in [3.63, 3.8) is 0 Å². The van der Waals surface area contributed by atoms with Crippen molar-refractivity contribution in [2.75, 3.05) is 31.6 Å². The lowest BCUT2D eigenvalue weighted by Gasteiger charge is -2.24. The number of nitrogens with one attached hydrogen (secondary N) is 1. The summed E-state index contributed by atoms with van der Waals surface area (Å²) < 4.78 is 43.7. The normalized spacial score (nSPS) is 14.9. The Balaban J connectivity index is 1.72. The van der Waals surface area contributed by atoms with Crippen LogP contribution in [0.5, 0.6) is 11.5 Å². The molecule has 1 aromatic heterocycles. The van der Waals surface area contributed by atoms with E-state index in [4.69, 9.17) is 13.9 Å². The topological polar surface area (TPSA) is 98.1 Å². The molecule has 0 atom stereocenters. The monoisotopic (exact) mass is 450 g/mol. The Morgan fingerprint density at radius 3 is 2.35 bits per heavy atom. The van der Waals surface area contributed by atoms with Gasteiger partial charge in [-0.1, -0.05) is 20.3 Å². The number of rotatable bonds is 10. The average Bonchev–Trinajstić information content (AvgIpc) is 3.29. The van der Waals surface area contributed by atoms with Gasteiger partial charge >= 0.3 is 0 Å². The van der Waals surface area contributed by atoms with E-state index in [1.807, 2.05) is 13.8 Å². The molecule has 0 saturated carbocycles. The number of hydrogen-bond acceptors (Lipinski definition) is 6. The minimum absolute atomic E-state index is 0.0714. The third-order valence-corrected chi connectivity index (χ3v) is 6.61. The summed E-state index contributed by atoms with van der Waals surface area (Å²) in [6, 6.07) is 7.84. The van der Waals surface area contributed by atoms with Gasteiger partial charge < -0.3 is 19.2 Å². The van der Waals surface area contributed by atoms with E-state index in [1.54, 1.807) is 18.2 Å². The van der Waals surface area contributed by atoms with Crippen LogP contribution in [-0.4, -0.2) is 44.9 Å². The van der Waals surface area contributed by atoms with E-state index in [0.717, 1.165) is 32.1 Å². The Hall–Kier alpha value is -2.52. The number of furan rings is 1. The minimum Gasteiger partial charge on any atom is -0.490 e. The van der Waals surface area contributed by atoms with Crippen LogP contribution in [0.3, 0.4) is 0 Å². The van der Waals surface area contributed by atoms with Gasteiger partial charge in [0.2, 0.25) is 5.09 Å². The van der Waals surface area contributed by atoms with Gasteiger partial charge in [0.05, 0.1) is 13.2 Å². The zero-order valence-corrected chi connectivity index (χ0v) is 18.9. The summed E-state index contributed by atoms with van der Waals surface area (Å²) in [5, 5.41) is 2.51. The molecule has 1 N–H and O–H groups in total. The van der Waals surface area contributed by atoms with Crippen molar-refractivity contribution >= 4 is 21.6 Å². The maximum atomic E-state index is 12.7. The largest absolute Gasteiger partial charge is 0.490 e. The van der Waals surface area contributed by atoms with Crippen molar-refractivity contribution in [3.05, 3.63) is 36.1 Å². The second-order valence-corrected chi connectivity index (χ2v) is 9.26. The van der Waals surface area contributed by atoms with Crippen molar-refractivity contribution in [1.82, 2.24) is 4.31 Å². The Labute approximate surface area is 183 Å². The van der Waals surface area contributed by atoms with Crippen LogP contribution in [0.2, 0.25) is 0 Å². The van der Waals surface area contributed by atoms with Gasteiger partial charge in [-0.05, 0) is 49.9 Å². The van der Waals surface area contributed by atoms with Crippen molar-refractivity contribution in [2.45, 2.75) is 51.0 Å². The molecule has 9 heteroatoms. The number of carbonyl (C=O) groups excluding carboxylic acids is 1. The van der Waals surface area contributed by atoms with Gasteiger partial charge in [0.25, 0.3) is 15.9 Å². The highest BCUT2D eigenvalue weighted by Crippen LogP contribution is 2.31. The van der Waals surface area contributed by atoms with Gasteiger partial charge in [-0.2, -0.15) is 4.31 Å². The van der Waals surface area contributed by atoms with Gasteiger partial charge in [0.15, 0.2) is 17.3 Å². The predicted molar refractivity (Wildman–Crippen MR) is 117 cm³/mol. The molecule has 0 spiro atoms. The van der Waals surface area contributed by atoms with Gasteiger partial charge in [0, 0.05) is 24.8 Å². The Bertz CT molecular complexity index is 980. The fraction of sp³-hybridized carbons (Fsp3) is 0.500. The third kappa shape index (κ3) is 5.80. The van der Waals surface area contributed by atoms with E-state index in [-0.39, 0.29) is 10.9 Å². The summed E-state index contributed by atoms with van der Waals surface area (Å²) >= 11 is 0. The Morgan fingerprint density at radius 1 is 1.00 bits per heavy atom. The molecule has 0 bridgehead atoms. The number of benzene rings is 1. The molecule has 170 valence electrons. The Kier molecular flexibility index (Phi) is 7.97. The smallest absolute Gasteiger partial charge is 0.291 e. The molecule has 0 unspecified atom stereocenters. The lowest BCUT2D eigenvalue weighted by molar-refractivity contribution is 0.0991. The summed E-state index contributed by atoms with van der Waals surface area (Å²) in [6.07, 6.45) is 4.38. The number of amides is 1. The fourth-order valence-electron chi connectivity index (χ4n) is 3.25. The van der Waals surface area contributed by atoms with Crippen molar-refractivity contribution in [1.29, 1.82) is 0 Å². The minimum atomic E-state index is -3.73. The summed E-state index contributed by atoms with van der Waals surface area (Å²) in [4.78, 5) is 12.6. The van der Waals surface area contributed by atoms with E-state index >= 15 is 0 Å². The maximum absolute atomic E-state index is 12.7. The molecular weight excluding hydrogens is 420 g/mol. The molecule has 1 aromatic carbocycles. The van der Waals surface area contributed by atoms with Crippen molar-refractivity contribution in [2.24, 2.45) is 0 Å². The Morgan fingerprint density at radius 2 is 1.68 bits per heavy atom. The molecule has 1 aliphatic heterocycles. The first-order valence-electron chi connectivity index (χ1n) is 10.8. The summed E-state index contributed by atoms with van der Waals surface area (Å²) in [7, 11) is -3.73. The standard InChI is InChI=1S/C22H30N2O6S/c1-3-14-28-18-9-8-17(16-20(18)29-15-4-2)23-22(25)19-10-11-21(30-19)31(26,27)24-12-6-5-7-13-24/h8-11,16H,3-7,12-15H2,1-2H3,(H,23,25). The number of hydrogen-bond donors (Lipinski definition) is 1. The van der Waals surface area contributed by atoms with Crippen LogP contribution in [0.25, 0.3) is 0 Å². The highest BCUT2D eigenvalue weighted by atomic mass is 32.2. The molecule has 0 aliphatic carbocycles. The molecule has 3 rings (SSSR count). The van der Waals surface area contributed by atoms with E-state index in [2.05, 4.69) is 5.32 Å². The maximum Gasteiger partial charge on any atom is 0.291 e. The molecule has 2 heterocycles. The molecule has 0 radical (unpaired) electrons. The van der Waals surface area contributed by atoms with Crippen LogP contribution in [0.4, 0.5) is 5.69 Å². The van der Waals surface area contributed by atoms with Crippen LogP contribution in [0.15, 0.2) is 39.8 Å². The third-order valence-electron chi connectivity index (χ3n) is 4.84. The second-order valence-electron chi connectivity index (χ2n) is 7.40. The first-order valence-corrected chi connectivity index (χ1v) is 12.2. The number of piperidine rings is 1. The number of anilines is 1. The summed E-state index contributed by atoms with van der Waals surface area (Å²) in [5.41, 5.74) is 0.497. The summed E-state index contributed by atoms with van der Waals surface area (Å²) in [5.74, 6) is 0.545. The van der Waals surface area contributed by atoms with Crippen molar-refractivity contribution < 1.29 is 27.1 Å². The van der Waals surface area contributed by atoms with Crippen molar-refractivity contribution in [3.8, 4) is 11.5 Å². The van der Waals surface area contributed by atoms with E-state index in [9.17, 15) is 13.2 Å². The number of carbonyl (C=O) groups is 1. The predicted octanol–water partition coefficient (Wildman–Crippen LogP) is 4.28. The molecule has 1 saturated heterocycles. The quantitative estimate of drug-likeness (QED) is 0.580. The molecule has 2 aromatic rings. The highest BCUT2D eigenvalue weighted by molar-refractivity contribution is 7.89. The fourth-order valence-corrected chi connectivity index (χ4v) is 4.68. The van der Waals surface area contributed by atoms with Crippen LogP contribution >= 0.6 is 0 Å². The average molecular weight is 451 g/mol. The molecule has 1 amide bonds. The van der Waals surface area contributed by atoms with E-state index in [0.29, 0.717) is 43.5 Å². The van der Waals surface area contributed by atoms with Gasteiger partial charge in [-0.25, -0.2) is 8.42 Å². The first-order chi connectivity index (χ1) is 15.0. The number of sulfonamides is 1. The van der Waals surface area contributed by atoms with Crippen LogP contribution in [0, 0.1) is 0 Å². The molecular formula is C22H30N2O6S. The first kappa shape index (κ1) is 23.1. The lowest BCUT2D eigenvalue weighted by atomic mass is 10.2. The highest BCUT2D eigenvalue weighted by Gasteiger charge is 2.29. The zero-order chi connectivity index (χ0) is 22.3. The van der Waals surface area contributed by atoms with E-state index in [1.165, 1.54) is 16.4 Å². The number of ether oxygens (including phenoxy) is 2. The van der Waals surface area contributed by atoms with Crippen LogP contribution in [0.1, 0.15) is 56.5 Å². The molecule has 31 heavy (non-hydrogen) atoms. The molecule has 1 aliphatic rings. The van der Waals surface area contributed by atoms with Gasteiger partial charge in [-0.3, -0.25) is 4.79 Å². The SMILES string of the molecule is CCCOc1ccc(NC(=O)c2ccc(S(=O)(=O)N3CCCCC3)o2)cc1OCCC. The summed E-state index contributed by atoms with van der Waals surface area (Å²) in [6.45, 7) is 6.05. The lowest BCUT2D eigenvalue weighted by Crippen LogP contribution is -2.35. The van der Waals surface area contributed by atoms with Gasteiger partial charge in [0.1, 0.15) is 0 Å². The van der Waals surface area contributed by atoms with Crippen LogP contribution in [-0.2, 0) is 10.0 Å².